The van der Waals surface area contributed by atoms with E-state index in [1.54, 1.807) is 6.92 Å². The summed E-state index contributed by atoms with van der Waals surface area (Å²) in [6, 6.07) is 9.27. The van der Waals surface area contributed by atoms with Crippen molar-refractivity contribution in [2.24, 2.45) is 5.16 Å². The monoisotopic (exact) mass is 249 g/mol. The highest BCUT2D eigenvalue weighted by Gasteiger charge is 2.15. The van der Waals surface area contributed by atoms with Crippen molar-refractivity contribution in [3.63, 3.8) is 0 Å². The van der Waals surface area contributed by atoms with E-state index in [1.807, 2.05) is 30.3 Å². The van der Waals surface area contributed by atoms with Crippen molar-refractivity contribution in [1.29, 1.82) is 0 Å². The Morgan fingerprint density at radius 2 is 1.89 bits per heavy atom. The Labute approximate surface area is 105 Å². The number of carbonyl (C=O) groups is 2. The van der Waals surface area contributed by atoms with E-state index in [-0.39, 0.29) is 18.7 Å². The lowest BCUT2D eigenvalue weighted by molar-refractivity contribution is -0.141. The van der Waals surface area contributed by atoms with Crippen LogP contribution in [0.25, 0.3) is 0 Å². The van der Waals surface area contributed by atoms with Gasteiger partial charge in [0.1, 0.15) is 0 Å². The Balaban J connectivity index is 2.80. The van der Waals surface area contributed by atoms with Gasteiger partial charge < -0.3 is 9.57 Å². The number of rotatable bonds is 5. The number of nitrogens with zero attached hydrogens (tertiary/aromatic N) is 1. The van der Waals surface area contributed by atoms with Gasteiger partial charge in [0.2, 0.25) is 0 Å². The fourth-order valence-electron chi connectivity index (χ4n) is 1.26. The van der Waals surface area contributed by atoms with Gasteiger partial charge in [-0.25, -0.2) is 9.59 Å². The van der Waals surface area contributed by atoms with Crippen LogP contribution in [0.4, 0.5) is 0 Å². The third kappa shape index (κ3) is 4.78. The number of carbonyl (C=O) groups excluding carboxylic acids is 2. The fourth-order valence-corrected chi connectivity index (χ4v) is 1.26. The van der Waals surface area contributed by atoms with Gasteiger partial charge in [-0.05, 0) is 12.5 Å². The lowest BCUT2D eigenvalue weighted by atomic mass is 10.1. The third-order valence-corrected chi connectivity index (χ3v) is 2.01. The van der Waals surface area contributed by atoms with Crippen LogP contribution in [0.2, 0.25) is 0 Å². The molecule has 5 heteroatoms. The average Bonchev–Trinajstić information content (AvgIpc) is 2.35. The van der Waals surface area contributed by atoms with E-state index >= 15 is 0 Å². The molecule has 0 saturated heterocycles. The molecular weight excluding hydrogens is 234 g/mol. The largest absolute Gasteiger partial charge is 0.461 e. The zero-order valence-corrected chi connectivity index (χ0v) is 10.4. The number of ether oxygens (including phenoxy) is 1. The van der Waals surface area contributed by atoms with E-state index in [4.69, 9.17) is 4.74 Å². The van der Waals surface area contributed by atoms with Crippen molar-refractivity contribution in [3.05, 3.63) is 35.9 Å². The van der Waals surface area contributed by atoms with Crippen LogP contribution in [0.3, 0.4) is 0 Å². The Morgan fingerprint density at radius 1 is 1.22 bits per heavy atom. The van der Waals surface area contributed by atoms with E-state index in [1.165, 1.54) is 6.92 Å². The quantitative estimate of drug-likeness (QED) is 0.345. The maximum absolute atomic E-state index is 11.6. The van der Waals surface area contributed by atoms with Crippen molar-refractivity contribution >= 4 is 17.7 Å². The summed E-state index contributed by atoms with van der Waals surface area (Å²) in [5.74, 6) is -1.16. The number of esters is 1. The summed E-state index contributed by atoms with van der Waals surface area (Å²) >= 11 is 0. The molecule has 0 amide bonds. The zero-order valence-electron chi connectivity index (χ0n) is 10.4. The molecule has 0 radical (unpaired) electrons. The van der Waals surface area contributed by atoms with E-state index < -0.39 is 11.9 Å². The van der Waals surface area contributed by atoms with Gasteiger partial charge in [-0.1, -0.05) is 35.5 Å². The summed E-state index contributed by atoms with van der Waals surface area (Å²) in [6.07, 6.45) is 0.257. The minimum absolute atomic E-state index is 0.0678. The summed E-state index contributed by atoms with van der Waals surface area (Å²) in [7, 11) is 0. The first-order valence-corrected chi connectivity index (χ1v) is 5.59. The molecule has 0 aliphatic heterocycles. The Hall–Kier alpha value is -2.17. The smallest absolute Gasteiger partial charge is 0.356 e. The highest BCUT2D eigenvalue weighted by molar-refractivity contribution is 6.36. The molecule has 0 fully saturated rings. The molecule has 1 aromatic carbocycles. The predicted octanol–water partition coefficient (Wildman–Crippen LogP) is 1.71. The van der Waals surface area contributed by atoms with E-state index in [9.17, 15) is 9.59 Å². The summed E-state index contributed by atoms with van der Waals surface area (Å²) < 4.78 is 4.85. The number of oxime groups is 1. The second-order valence-electron chi connectivity index (χ2n) is 3.50. The summed E-state index contributed by atoms with van der Waals surface area (Å²) in [5, 5.41) is 3.53. The van der Waals surface area contributed by atoms with Crippen LogP contribution in [0.1, 0.15) is 19.4 Å². The fraction of sp³-hybridized carbons (Fsp3) is 0.308. The SMILES string of the molecule is CCOC(=O)C(Cc1ccccc1)=NOC(C)=O. The maximum atomic E-state index is 11.6. The normalized spacial score (nSPS) is 10.9. The molecule has 0 bridgehead atoms. The second kappa shape index (κ2) is 7.21. The van der Waals surface area contributed by atoms with Crippen molar-refractivity contribution < 1.29 is 19.2 Å². The van der Waals surface area contributed by atoms with Gasteiger partial charge in [-0.3, -0.25) is 0 Å². The van der Waals surface area contributed by atoms with Crippen LogP contribution in [0.5, 0.6) is 0 Å². The second-order valence-corrected chi connectivity index (χ2v) is 3.50. The number of hydrogen-bond acceptors (Lipinski definition) is 5. The molecule has 0 aliphatic rings. The highest BCUT2D eigenvalue weighted by atomic mass is 16.7. The molecule has 5 nitrogen and oxygen atoms in total. The van der Waals surface area contributed by atoms with Crippen LogP contribution < -0.4 is 0 Å². The van der Waals surface area contributed by atoms with Gasteiger partial charge in [0.05, 0.1) is 6.61 Å². The average molecular weight is 249 g/mol. The predicted molar refractivity (Wildman–Crippen MR) is 66.0 cm³/mol. The van der Waals surface area contributed by atoms with E-state index in [0.717, 1.165) is 5.56 Å². The topological polar surface area (TPSA) is 65.0 Å². The zero-order chi connectivity index (χ0) is 13.4. The molecule has 0 saturated carbocycles. The van der Waals surface area contributed by atoms with Gasteiger partial charge in [0.25, 0.3) is 0 Å². The Morgan fingerprint density at radius 3 is 2.44 bits per heavy atom. The van der Waals surface area contributed by atoms with Crippen molar-refractivity contribution in [2.75, 3.05) is 6.61 Å². The third-order valence-electron chi connectivity index (χ3n) is 2.01. The minimum atomic E-state index is -0.581. The molecular formula is C13H15NO4. The first-order chi connectivity index (χ1) is 8.63. The van der Waals surface area contributed by atoms with Crippen molar-refractivity contribution in [2.45, 2.75) is 20.3 Å². The molecule has 0 spiro atoms. The van der Waals surface area contributed by atoms with Gasteiger partial charge in [0.15, 0.2) is 5.71 Å². The Bertz CT molecular complexity index is 440. The molecule has 0 aromatic heterocycles. The van der Waals surface area contributed by atoms with Gasteiger partial charge in [-0.2, -0.15) is 0 Å². The molecule has 0 heterocycles. The lowest BCUT2D eigenvalue weighted by Crippen LogP contribution is -2.20. The van der Waals surface area contributed by atoms with Crippen LogP contribution in [-0.4, -0.2) is 24.3 Å². The van der Waals surface area contributed by atoms with E-state index in [2.05, 4.69) is 9.99 Å². The molecule has 18 heavy (non-hydrogen) atoms. The van der Waals surface area contributed by atoms with Crippen molar-refractivity contribution in [3.8, 4) is 0 Å². The summed E-state index contributed by atoms with van der Waals surface area (Å²) in [6.45, 7) is 3.16. The number of hydrogen-bond donors (Lipinski definition) is 0. The standard InChI is InChI=1S/C13H15NO4/c1-3-17-13(16)12(14-18-10(2)15)9-11-7-5-4-6-8-11/h4-8H,3,9H2,1-2H3. The minimum Gasteiger partial charge on any atom is -0.461 e. The summed E-state index contributed by atoms with van der Waals surface area (Å²) in [4.78, 5) is 26.8. The molecule has 0 N–H and O–H groups in total. The van der Waals surface area contributed by atoms with Gasteiger partial charge >= 0.3 is 11.9 Å². The first kappa shape index (κ1) is 13.9. The van der Waals surface area contributed by atoms with Gasteiger partial charge in [-0.15, -0.1) is 0 Å². The summed E-state index contributed by atoms with van der Waals surface area (Å²) in [5.41, 5.74) is 0.953. The van der Waals surface area contributed by atoms with Crippen molar-refractivity contribution in [1.82, 2.24) is 0 Å². The van der Waals surface area contributed by atoms with Crippen LogP contribution >= 0.6 is 0 Å². The molecule has 0 atom stereocenters. The highest BCUT2D eigenvalue weighted by Crippen LogP contribution is 2.03. The lowest BCUT2D eigenvalue weighted by Gasteiger charge is -2.05. The Kier molecular flexibility index (Phi) is 5.57. The van der Waals surface area contributed by atoms with Crippen LogP contribution in [0.15, 0.2) is 35.5 Å². The molecule has 96 valence electrons. The molecule has 0 unspecified atom stereocenters. The first-order valence-electron chi connectivity index (χ1n) is 5.59. The van der Waals surface area contributed by atoms with Crippen LogP contribution in [-0.2, 0) is 25.6 Å². The van der Waals surface area contributed by atoms with Crippen LogP contribution in [0, 0.1) is 0 Å². The van der Waals surface area contributed by atoms with E-state index in [0.29, 0.717) is 0 Å². The maximum Gasteiger partial charge on any atom is 0.356 e. The van der Waals surface area contributed by atoms with Gasteiger partial charge in [0, 0.05) is 13.3 Å². The molecule has 0 aliphatic carbocycles. The number of benzene rings is 1. The molecule has 1 rings (SSSR count). The molecule has 1 aromatic rings.